The van der Waals surface area contributed by atoms with Crippen molar-refractivity contribution in [1.29, 1.82) is 0 Å². The maximum atomic E-state index is 12.4. The highest BCUT2D eigenvalue weighted by Gasteiger charge is 2.22. The van der Waals surface area contributed by atoms with Crippen LogP contribution in [-0.4, -0.2) is 49.6 Å². The first-order valence-corrected chi connectivity index (χ1v) is 11.5. The van der Waals surface area contributed by atoms with Gasteiger partial charge in [-0.25, -0.2) is 4.79 Å². The molecule has 0 bridgehead atoms. The maximum Gasteiger partial charge on any atom is 0.329 e. The number of carbonyl (C=O) groups is 3. The molecule has 2 rings (SSSR count). The van der Waals surface area contributed by atoms with Crippen LogP contribution in [0.3, 0.4) is 0 Å². The fraction of sp³-hybridized carbons (Fsp3) is 0.292. The van der Waals surface area contributed by atoms with Crippen molar-refractivity contribution >= 4 is 35.6 Å². The summed E-state index contributed by atoms with van der Waals surface area (Å²) < 4.78 is 10.2. The van der Waals surface area contributed by atoms with Crippen molar-refractivity contribution in [3.05, 3.63) is 71.8 Å². The zero-order chi connectivity index (χ0) is 23.2. The Morgan fingerprint density at radius 2 is 1.78 bits per heavy atom. The van der Waals surface area contributed by atoms with Gasteiger partial charge in [-0.1, -0.05) is 42.5 Å². The zero-order valence-corrected chi connectivity index (χ0v) is 19.0. The molecule has 0 heterocycles. The number of rotatable bonds is 12. The minimum atomic E-state index is -0.836. The Bertz CT molecular complexity index is 900. The predicted octanol–water partition coefficient (Wildman–Crippen LogP) is 2.81. The summed E-state index contributed by atoms with van der Waals surface area (Å²) in [5, 5.41) is 5.35. The lowest BCUT2D eigenvalue weighted by molar-refractivity contribution is -0.151. The van der Waals surface area contributed by atoms with E-state index in [4.69, 9.17) is 9.47 Å². The van der Waals surface area contributed by atoms with Crippen LogP contribution >= 0.6 is 11.8 Å². The molecule has 0 radical (unpaired) electrons. The lowest BCUT2D eigenvalue weighted by Crippen LogP contribution is -2.42. The fourth-order valence-corrected chi connectivity index (χ4v) is 3.15. The van der Waals surface area contributed by atoms with Gasteiger partial charge in [0.2, 0.25) is 5.91 Å². The van der Waals surface area contributed by atoms with Crippen LogP contribution in [0.5, 0.6) is 5.75 Å². The Balaban J connectivity index is 1.84. The topological polar surface area (TPSA) is 93.7 Å². The van der Waals surface area contributed by atoms with Gasteiger partial charge in [-0.2, -0.15) is 11.8 Å². The summed E-state index contributed by atoms with van der Waals surface area (Å²) in [6, 6.07) is 15.8. The molecule has 0 aliphatic rings. The third kappa shape index (κ3) is 9.26. The molecule has 1 atom stereocenters. The average molecular weight is 457 g/mol. The summed E-state index contributed by atoms with van der Waals surface area (Å²) in [6.07, 6.45) is 5.30. The number of thioether (sulfide) groups is 1. The number of methoxy groups -OCH3 is 1. The van der Waals surface area contributed by atoms with Gasteiger partial charge in [-0.3, -0.25) is 9.59 Å². The monoisotopic (exact) mass is 456 g/mol. The largest absolute Gasteiger partial charge is 0.497 e. The van der Waals surface area contributed by atoms with E-state index in [-0.39, 0.29) is 0 Å². The van der Waals surface area contributed by atoms with Gasteiger partial charge in [0.1, 0.15) is 11.8 Å². The molecule has 1 unspecified atom stereocenters. The van der Waals surface area contributed by atoms with Gasteiger partial charge in [-0.05, 0) is 47.8 Å². The number of esters is 1. The summed E-state index contributed by atoms with van der Waals surface area (Å²) >= 11 is 1.55. The van der Waals surface area contributed by atoms with Gasteiger partial charge in [-0.15, -0.1) is 0 Å². The number of hydrogen-bond acceptors (Lipinski definition) is 6. The second-order valence-corrected chi connectivity index (χ2v) is 7.80. The molecule has 0 saturated heterocycles. The molecule has 32 heavy (non-hydrogen) atoms. The van der Waals surface area contributed by atoms with Gasteiger partial charge in [0.15, 0.2) is 6.61 Å². The molecule has 2 aromatic carbocycles. The van der Waals surface area contributed by atoms with E-state index in [1.165, 1.54) is 6.08 Å². The first-order valence-electron chi connectivity index (χ1n) is 10.1. The minimum absolute atomic E-state index is 0.347. The highest BCUT2D eigenvalue weighted by atomic mass is 32.2. The van der Waals surface area contributed by atoms with Crippen molar-refractivity contribution in [2.45, 2.75) is 19.0 Å². The summed E-state index contributed by atoms with van der Waals surface area (Å²) in [4.78, 5) is 36.7. The number of carbonyl (C=O) groups excluding carboxylic acids is 3. The lowest BCUT2D eigenvalue weighted by atomic mass is 10.2. The number of amides is 2. The van der Waals surface area contributed by atoms with Gasteiger partial charge < -0.3 is 20.1 Å². The highest BCUT2D eigenvalue weighted by molar-refractivity contribution is 7.98. The quantitative estimate of drug-likeness (QED) is 0.377. The van der Waals surface area contributed by atoms with Crippen molar-refractivity contribution < 1.29 is 23.9 Å². The molecule has 0 aliphatic carbocycles. The number of benzene rings is 2. The molecule has 2 amide bonds. The van der Waals surface area contributed by atoms with E-state index in [1.807, 2.05) is 48.7 Å². The SMILES string of the molecule is COc1ccc(/C=C/C(=O)NC(CCSC)C(=O)OCC(=O)NCc2ccccc2)cc1. The van der Waals surface area contributed by atoms with Crippen molar-refractivity contribution in [2.75, 3.05) is 25.7 Å². The minimum Gasteiger partial charge on any atom is -0.497 e. The third-order valence-electron chi connectivity index (χ3n) is 4.43. The van der Waals surface area contributed by atoms with E-state index in [0.29, 0.717) is 18.7 Å². The fourth-order valence-electron chi connectivity index (χ4n) is 2.68. The van der Waals surface area contributed by atoms with E-state index in [2.05, 4.69) is 10.6 Å². The van der Waals surface area contributed by atoms with E-state index in [1.54, 1.807) is 37.1 Å². The second-order valence-electron chi connectivity index (χ2n) is 6.82. The Hall–Kier alpha value is -3.26. The molecular formula is C24H28N2O5S. The van der Waals surface area contributed by atoms with Crippen molar-refractivity contribution in [1.82, 2.24) is 10.6 Å². The van der Waals surface area contributed by atoms with E-state index >= 15 is 0 Å². The second kappa shape index (κ2) is 13.9. The Kier molecular flexibility index (Phi) is 10.9. The Morgan fingerprint density at radius 3 is 2.44 bits per heavy atom. The maximum absolute atomic E-state index is 12.4. The molecule has 0 fully saturated rings. The molecule has 2 aromatic rings. The van der Waals surface area contributed by atoms with E-state index < -0.39 is 30.4 Å². The molecule has 170 valence electrons. The Morgan fingerprint density at radius 1 is 1.06 bits per heavy atom. The van der Waals surface area contributed by atoms with Gasteiger partial charge in [0.05, 0.1) is 7.11 Å². The average Bonchev–Trinajstić information content (AvgIpc) is 2.83. The molecule has 0 aromatic heterocycles. The van der Waals surface area contributed by atoms with Gasteiger partial charge in [0, 0.05) is 12.6 Å². The third-order valence-corrected chi connectivity index (χ3v) is 5.08. The number of hydrogen-bond donors (Lipinski definition) is 2. The van der Waals surface area contributed by atoms with E-state index in [0.717, 1.165) is 16.9 Å². The van der Waals surface area contributed by atoms with Crippen LogP contribution in [-0.2, 0) is 25.7 Å². The smallest absolute Gasteiger partial charge is 0.329 e. The van der Waals surface area contributed by atoms with Crippen molar-refractivity contribution in [3.8, 4) is 5.75 Å². The van der Waals surface area contributed by atoms with Crippen LogP contribution in [0.1, 0.15) is 17.5 Å². The standard InChI is InChI=1S/C24H28N2O5S/c1-30-20-11-8-18(9-12-20)10-13-22(27)26-21(14-15-32-2)24(29)31-17-23(28)25-16-19-6-4-3-5-7-19/h3-13,21H,14-17H2,1-2H3,(H,25,28)(H,26,27)/b13-10+. The molecule has 2 N–H and O–H groups in total. The highest BCUT2D eigenvalue weighted by Crippen LogP contribution is 2.12. The molecule has 8 heteroatoms. The lowest BCUT2D eigenvalue weighted by Gasteiger charge is -2.16. The normalized spacial score (nSPS) is 11.6. The summed E-state index contributed by atoms with van der Waals surface area (Å²) in [5.74, 6) is -0.0871. The summed E-state index contributed by atoms with van der Waals surface area (Å²) in [6.45, 7) is -0.0565. The molecule has 0 spiro atoms. The predicted molar refractivity (Wildman–Crippen MR) is 126 cm³/mol. The molecular weight excluding hydrogens is 428 g/mol. The zero-order valence-electron chi connectivity index (χ0n) is 18.2. The Labute approximate surface area is 192 Å². The molecule has 0 saturated carbocycles. The molecule has 0 aliphatic heterocycles. The van der Waals surface area contributed by atoms with Crippen LogP contribution in [0.25, 0.3) is 6.08 Å². The number of nitrogens with one attached hydrogen (secondary N) is 2. The van der Waals surface area contributed by atoms with Crippen LogP contribution in [0.4, 0.5) is 0 Å². The van der Waals surface area contributed by atoms with Crippen LogP contribution in [0, 0.1) is 0 Å². The van der Waals surface area contributed by atoms with Crippen LogP contribution in [0.15, 0.2) is 60.7 Å². The van der Waals surface area contributed by atoms with Crippen molar-refractivity contribution in [2.24, 2.45) is 0 Å². The first-order chi connectivity index (χ1) is 15.5. The first kappa shape index (κ1) is 25.0. The van der Waals surface area contributed by atoms with Crippen LogP contribution < -0.4 is 15.4 Å². The van der Waals surface area contributed by atoms with Gasteiger partial charge in [0.25, 0.3) is 5.91 Å². The summed E-state index contributed by atoms with van der Waals surface area (Å²) in [7, 11) is 1.58. The molecule has 7 nitrogen and oxygen atoms in total. The van der Waals surface area contributed by atoms with Crippen LogP contribution in [0.2, 0.25) is 0 Å². The van der Waals surface area contributed by atoms with Crippen molar-refractivity contribution in [3.63, 3.8) is 0 Å². The summed E-state index contributed by atoms with van der Waals surface area (Å²) in [5.41, 5.74) is 1.76. The van der Waals surface area contributed by atoms with E-state index in [9.17, 15) is 14.4 Å². The van der Waals surface area contributed by atoms with Gasteiger partial charge >= 0.3 is 5.97 Å². The number of ether oxygens (including phenoxy) is 2.